The summed E-state index contributed by atoms with van der Waals surface area (Å²) in [5.74, 6) is 0.186. The molecule has 70 valence electrons. The van der Waals surface area contributed by atoms with E-state index in [4.69, 9.17) is 11.6 Å². The average molecular weight is 262 g/mol. The van der Waals surface area contributed by atoms with Crippen LogP contribution in [0.15, 0.2) is 30.3 Å². The molecular formula is C10H10BrClO. The minimum Gasteiger partial charge on any atom is -0.281 e. The first-order valence-corrected chi connectivity index (χ1v) is 5.53. The van der Waals surface area contributed by atoms with Crippen molar-refractivity contribution in [3.63, 3.8) is 0 Å². The Labute approximate surface area is 91.2 Å². The number of carbonyl (C=O) groups excluding carboxylic acids is 1. The Morgan fingerprint density at radius 3 is 2.46 bits per heavy atom. The van der Waals surface area contributed by atoms with Crippen LogP contribution in [0.5, 0.6) is 0 Å². The maximum Gasteiger partial charge on any atom is 0.222 e. The van der Waals surface area contributed by atoms with E-state index in [-0.39, 0.29) is 11.2 Å². The predicted molar refractivity (Wildman–Crippen MR) is 58.5 cm³/mol. The number of carbonyl (C=O) groups is 1. The van der Waals surface area contributed by atoms with Crippen LogP contribution in [0.3, 0.4) is 0 Å². The van der Waals surface area contributed by atoms with E-state index >= 15 is 0 Å². The van der Waals surface area contributed by atoms with E-state index in [0.717, 1.165) is 10.9 Å². The van der Waals surface area contributed by atoms with Gasteiger partial charge in [-0.05, 0) is 17.2 Å². The van der Waals surface area contributed by atoms with Gasteiger partial charge in [0.1, 0.15) is 0 Å². The van der Waals surface area contributed by atoms with Crippen LogP contribution in [0.4, 0.5) is 0 Å². The first kappa shape index (κ1) is 10.7. The van der Waals surface area contributed by atoms with Gasteiger partial charge in [0, 0.05) is 17.7 Å². The largest absolute Gasteiger partial charge is 0.281 e. The third-order valence-corrected chi connectivity index (χ3v) is 2.80. The highest BCUT2D eigenvalue weighted by molar-refractivity contribution is 9.09. The standard InChI is InChI=1S/C10H10BrClO/c11-7-9(6-10(12)13)8-4-2-1-3-5-8/h1-5,9H,6-7H2. The summed E-state index contributed by atoms with van der Waals surface area (Å²) in [5.41, 5.74) is 1.15. The quantitative estimate of drug-likeness (QED) is 0.600. The topological polar surface area (TPSA) is 17.1 Å². The SMILES string of the molecule is O=C(Cl)CC(CBr)c1ccccc1. The highest BCUT2D eigenvalue weighted by atomic mass is 79.9. The Kier molecular flexibility index (Phi) is 4.46. The van der Waals surface area contributed by atoms with Gasteiger partial charge in [-0.3, -0.25) is 4.79 Å². The van der Waals surface area contributed by atoms with Crippen LogP contribution in [-0.2, 0) is 4.79 Å². The van der Waals surface area contributed by atoms with Crippen LogP contribution >= 0.6 is 27.5 Å². The van der Waals surface area contributed by atoms with Crippen molar-refractivity contribution in [3.05, 3.63) is 35.9 Å². The minimum atomic E-state index is -0.284. The molecule has 1 aromatic rings. The first-order chi connectivity index (χ1) is 6.24. The molecule has 0 heterocycles. The van der Waals surface area contributed by atoms with Crippen molar-refractivity contribution in [3.8, 4) is 0 Å². The summed E-state index contributed by atoms with van der Waals surface area (Å²) in [6.07, 6.45) is 0.386. The normalized spacial score (nSPS) is 12.5. The van der Waals surface area contributed by atoms with Crippen molar-refractivity contribution in [2.24, 2.45) is 0 Å². The summed E-state index contributed by atoms with van der Waals surface area (Å²) in [4.78, 5) is 10.7. The fourth-order valence-electron chi connectivity index (χ4n) is 1.18. The van der Waals surface area contributed by atoms with Gasteiger partial charge in [-0.2, -0.15) is 0 Å². The number of rotatable bonds is 4. The Bertz CT molecular complexity index is 274. The molecule has 0 aromatic heterocycles. The summed E-state index contributed by atoms with van der Waals surface area (Å²) in [6, 6.07) is 9.89. The number of alkyl halides is 1. The molecule has 1 unspecified atom stereocenters. The fourth-order valence-corrected chi connectivity index (χ4v) is 1.97. The molecule has 1 aromatic carbocycles. The second-order valence-electron chi connectivity index (χ2n) is 2.82. The third kappa shape index (κ3) is 3.49. The zero-order chi connectivity index (χ0) is 9.68. The van der Waals surface area contributed by atoms with Crippen LogP contribution in [-0.4, -0.2) is 10.6 Å². The molecule has 3 heteroatoms. The van der Waals surface area contributed by atoms with Gasteiger partial charge in [0.2, 0.25) is 5.24 Å². The lowest BCUT2D eigenvalue weighted by Gasteiger charge is -2.11. The maximum absolute atomic E-state index is 10.7. The van der Waals surface area contributed by atoms with Gasteiger partial charge in [-0.15, -0.1) is 0 Å². The Morgan fingerprint density at radius 1 is 1.38 bits per heavy atom. The molecule has 0 aliphatic carbocycles. The minimum absolute atomic E-state index is 0.186. The molecule has 0 fully saturated rings. The van der Waals surface area contributed by atoms with Crippen LogP contribution in [0.2, 0.25) is 0 Å². The molecular weight excluding hydrogens is 251 g/mol. The highest BCUT2D eigenvalue weighted by Gasteiger charge is 2.12. The molecule has 1 rings (SSSR count). The summed E-state index contributed by atoms with van der Waals surface area (Å²) in [7, 11) is 0. The smallest absolute Gasteiger partial charge is 0.222 e. The van der Waals surface area contributed by atoms with Gasteiger partial charge in [-0.25, -0.2) is 0 Å². The van der Waals surface area contributed by atoms with Gasteiger partial charge in [-0.1, -0.05) is 46.3 Å². The Balaban J connectivity index is 2.73. The van der Waals surface area contributed by atoms with Crippen LogP contribution in [0.1, 0.15) is 17.9 Å². The summed E-state index contributed by atoms with van der Waals surface area (Å²) in [6.45, 7) is 0. The predicted octanol–water partition coefficient (Wildman–Crippen LogP) is 3.32. The van der Waals surface area contributed by atoms with E-state index in [1.54, 1.807) is 0 Å². The molecule has 0 amide bonds. The van der Waals surface area contributed by atoms with Crippen molar-refractivity contribution in [1.82, 2.24) is 0 Å². The second kappa shape index (κ2) is 5.40. The fraction of sp³-hybridized carbons (Fsp3) is 0.300. The first-order valence-electron chi connectivity index (χ1n) is 4.03. The molecule has 0 N–H and O–H groups in total. The van der Waals surface area contributed by atoms with E-state index in [0.29, 0.717) is 6.42 Å². The summed E-state index contributed by atoms with van der Waals surface area (Å²) < 4.78 is 0. The van der Waals surface area contributed by atoms with Crippen molar-refractivity contribution >= 4 is 32.8 Å². The average Bonchev–Trinajstić information content (AvgIpc) is 2.15. The third-order valence-electron chi connectivity index (χ3n) is 1.86. The number of halogens is 2. The van der Waals surface area contributed by atoms with Gasteiger partial charge >= 0.3 is 0 Å². The molecule has 0 spiro atoms. The molecule has 1 atom stereocenters. The Morgan fingerprint density at radius 2 is 2.00 bits per heavy atom. The number of hydrogen-bond donors (Lipinski definition) is 0. The summed E-state index contributed by atoms with van der Waals surface area (Å²) >= 11 is 8.71. The van der Waals surface area contributed by atoms with Crippen LogP contribution in [0, 0.1) is 0 Å². The maximum atomic E-state index is 10.7. The lowest BCUT2D eigenvalue weighted by molar-refractivity contribution is -0.111. The molecule has 1 nitrogen and oxygen atoms in total. The van der Waals surface area contributed by atoms with E-state index in [1.807, 2.05) is 30.3 Å². The molecule has 0 aliphatic heterocycles. The lowest BCUT2D eigenvalue weighted by Crippen LogP contribution is -2.03. The molecule has 0 saturated heterocycles. The van der Waals surface area contributed by atoms with Crippen molar-refractivity contribution in [2.45, 2.75) is 12.3 Å². The second-order valence-corrected chi connectivity index (χ2v) is 3.89. The van der Waals surface area contributed by atoms with Gasteiger partial charge < -0.3 is 0 Å². The lowest BCUT2D eigenvalue weighted by atomic mass is 9.99. The van der Waals surface area contributed by atoms with Gasteiger partial charge in [0.25, 0.3) is 0 Å². The van der Waals surface area contributed by atoms with Gasteiger partial charge in [0.05, 0.1) is 0 Å². The monoisotopic (exact) mass is 260 g/mol. The molecule has 13 heavy (non-hydrogen) atoms. The van der Waals surface area contributed by atoms with E-state index in [2.05, 4.69) is 15.9 Å². The van der Waals surface area contributed by atoms with Crippen molar-refractivity contribution < 1.29 is 4.79 Å². The van der Waals surface area contributed by atoms with E-state index in [1.165, 1.54) is 0 Å². The highest BCUT2D eigenvalue weighted by Crippen LogP contribution is 2.22. The molecule has 0 bridgehead atoms. The van der Waals surface area contributed by atoms with Crippen molar-refractivity contribution in [2.75, 3.05) is 5.33 Å². The Hall–Kier alpha value is -0.340. The zero-order valence-corrected chi connectivity index (χ0v) is 9.38. The zero-order valence-electron chi connectivity index (χ0n) is 7.04. The van der Waals surface area contributed by atoms with Crippen LogP contribution < -0.4 is 0 Å². The number of benzene rings is 1. The molecule has 0 radical (unpaired) electrons. The molecule has 0 aliphatic rings. The van der Waals surface area contributed by atoms with Crippen molar-refractivity contribution in [1.29, 1.82) is 0 Å². The summed E-state index contributed by atoms with van der Waals surface area (Å²) in [5, 5.41) is 0.475. The van der Waals surface area contributed by atoms with E-state index in [9.17, 15) is 4.79 Å². The van der Waals surface area contributed by atoms with Gasteiger partial charge in [0.15, 0.2) is 0 Å². The van der Waals surface area contributed by atoms with Crippen LogP contribution in [0.25, 0.3) is 0 Å². The van der Waals surface area contributed by atoms with E-state index < -0.39 is 0 Å². The number of hydrogen-bond acceptors (Lipinski definition) is 1. The molecule has 0 saturated carbocycles.